The number of allylic oxidation sites excluding steroid dienone is 1. The van der Waals surface area contributed by atoms with Gasteiger partial charge in [-0.2, -0.15) is 18.2 Å². The highest BCUT2D eigenvalue weighted by Crippen LogP contribution is 2.30. The molecule has 180 valence electrons. The van der Waals surface area contributed by atoms with Crippen molar-refractivity contribution in [2.24, 2.45) is 21.5 Å². The van der Waals surface area contributed by atoms with Crippen LogP contribution in [-0.4, -0.2) is 23.6 Å². The van der Waals surface area contributed by atoms with Gasteiger partial charge in [-0.15, -0.1) is 0 Å². The third kappa shape index (κ3) is 7.71. The highest BCUT2D eigenvalue weighted by Gasteiger charge is 2.31. The smallest absolute Gasteiger partial charge is 0.370 e. The average molecular weight is 481 g/mol. The lowest BCUT2D eigenvalue weighted by Crippen LogP contribution is -2.29. The molecule has 2 amide bonds. The summed E-state index contributed by atoms with van der Waals surface area (Å²) in [4.78, 5) is 32.1. The normalized spacial score (nSPS) is 11.1. The Morgan fingerprint density at radius 1 is 1.06 bits per heavy atom. The van der Waals surface area contributed by atoms with E-state index in [-0.39, 0.29) is 22.5 Å². The van der Waals surface area contributed by atoms with E-state index >= 15 is 0 Å². The van der Waals surface area contributed by atoms with Crippen molar-refractivity contribution in [2.45, 2.75) is 20.0 Å². The van der Waals surface area contributed by atoms with Crippen LogP contribution in [0, 0.1) is 18.8 Å². The molecule has 0 atom stereocenters. The van der Waals surface area contributed by atoms with Crippen molar-refractivity contribution >= 4 is 23.6 Å². The molecule has 0 radical (unpaired) electrons. The second-order valence-corrected chi connectivity index (χ2v) is 7.31. The van der Waals surface area contributed by atoms with Crippen molar-refractivity contribution in [3.05, 3.63) is 94.7 Å². The molecule has 7 nitrogen and oxygen atoms in total. The zero-order chi connectivity index (χ0) is 26.3. The third-order valence-corrected chi connectivity index (χ3v) is 4.32. The van der Waals surface area contributed by atoms with Crippen LogP contribution in [0.4, 0.5) is 13.2 Å². The maximum Gasteiger partial charge on any atom is 0.416 e. The van der Waals surface area contributed by atoms with Gasteiger partial charge in [0.1, 0.15) is 5.84 Å². The summed E-state index contributed by atoms with van der Waals surface area (Å²) in [6.07, 6.45) is -3.37. The first-order chi connectivity index (χ1) is 16.3. The fraction of sp³-hybridized carbons (Fsp3) is 0.120. The summed E-state index contributed by atoms with van der Waals surface area (Å²) in [6, 6.07) is 7.31. The number of aryl methyl sites for hydroxylation is 1. The van der Waals surface area contributed by atoms with Gasteiger partial charge in [0, 0.05) is 28.0 Å². The number of amides is 2. The zero-order valence-corrected chi connectivity index (χ0v) is 19.0. The quantitative estimate of drug-likeness (QED) is 0.350. The van der Waals surface area contributed by atoms with E-state index in [1.54, 1.807) is 26.0 Å². The minimum absolute atomic E-state index is 0.0944. The van der Waals surface area contributed by atoms with E-state index in [0.717, 1.165) is 12.1 Å². The number of amidine groups is 1. The summed E-state index contributed by atoms with van der Waals surface area (Å²) in [6.45, 7) is 10.6. The molecule has 0 heterocycles. The van der Waals surface area contributed by atoms with E-state index < -0.39 is 29.5 Å². The number of carbonyl (C=O) groups is 2. The number of nitrogens with one attached hydrogen (secondary N) is 1. The molecule has 0 saturated carbocycles. The number of hydrogen-bond donors (Lipinski definition) is 3. The van der Waals surface area contributed by atoms with Crippen molar-refractivity contribution in [2.75, 3.05) is 0 Å². The summed E-state index contributed by atoms with van der Waals surface area (Å²) in [5, 5.41) is 2.60. The Labute approximate surface area is 200 Å². The van der Waals surface area contributed by atoms with Crippen LogP contribution in [0.2, 0.25) is 0 Å². The molecule has 0 aromatic heterocycles. The summed E-state index contributed by atoms with van der Waals surface area (Å²) >= 11 is 0. The second kappa shape index (κ2) is 11.0. The highest BCUT2D eigenvalue weighted by molar-refractivity contribution is 6.11. The number of benzene rings is 2. The van der Waals surface area contributed by atoms with Gasteiger partial charge in [0.25, 0.3) is 11.8 Å². The number of carbonyl (C=O) groups excluding carboxylic acids is 2. The van der Waals surface area contributed by atoms with Crippen LogP contribution >= 0.6 is 0 Å². The minimum atomic E-state index is -4.73. The van der Waals surface area contributed by atoms with Crippen LogP contribution in [0.1, 0.15) is 49.9 Å². The fourth-order valence-electron chi connectivity index (χ4n) is 2.77. The molecule has 0 saturated heterocycles. The van der Waals surface area contributed by atoms with Crippen LogP contribution in [0.5, 0.6) is 0 Å². The fourth-order valence-corrected chi connectivity index (χ4v) is 2.77. The number of hydrogen-bond acceptors (Lipinski definition) is 3. The number of guanidine groups is 1. The summed E-state index contributed by atoms with van der Waals surface area (Å²) in [5.41, 5.74) is 10.5. The molecule has 0 unspecified atom stereocenters. The maximum atomic E-state index is 13.3. The van der Waals surface area contributed by atoms with Crippen molar-refractivity contribution in [1.29, 1.82) is 0 Å². The van der Waals surface area contributed by atoms with Gasteiger partial charge in [-0.25, -0.2) is 4.99 Å². The summed E-state index contributed by atoms with van der Waals surface area (Å²) < 4.78 is 40.0. The highest BCUT2D eigenvalue weighted by atomic mass is 19.4. The monoisotopic (exact) mass is 481 g/mol. The van der Waals surface area contributed by atoms with Gasteiger partial charge < -0.3 is 16.8 Å². The number of rotatable bonds is 4. The Hall–Kier alpha value is -4.65. The van der Waals surface area contributed by atoms with E-state index in [2.05, 4.69) is 40.3 Å². The molecule has 0 fully saturated rings. The number of halogens is 3. The molecular weight excluding hydrogens is 459 g/mol. The van der Waals surface area contributed by atoms with E-state index in [1.807, 2.05) is 0 Å². The zero-order valence-electron chi connectivity index (χ0n) is 19.0. The van der Waals surface area contributed by atoms with E-state index in [4.69, 9.17) is 11.5 Å². The van der Waals surface area contributed by atoms with Crippen molar-refractivity contribution in [3.63, 3.8) is 0 Å². The van der Waals surface area contributed by atoms with Crippen molar-refractivity contribution in [1.82, 2.24) is 5.32 Å². The number of aliphatic imine (C=N–C) groups is 2. The number of nitrogens with zero attached hydrogens (tertiary/aromatic N) is 2. The Balaban J connectivity index is 2.47. The molecule has 2 aromatic carbocycles. The summed E-state index contributed by atoms with van der Waals surface area (Å²) in [7, 11) is 0. The molecule has 2 aromatic rings. The van der Waals surface area contributed by atoms with Crippen molar-refractivity contribution in [3.8, 4) is 11.8 Å². The van der Waals surface area contributed by atoms with Crippen LogP contribution in [0.3, 0.4) is 0 Å². The molecular formula is C25H22F3N5O2. The van der Waals surface area contributed by atoms with Crippen LogP contribution < -0.4 is 16.8 Å². The Morgan fingerprint density at radius 2 is 1.71 bits per heavy atom. The average Bonchev–Trinajstić information content (AvgIpc) is 2.76. The predicted molar refractivity (Wildman–Crippen MR) is 129 cm³/mol. The van der Waals surface area contributed by atoms with E-state index in [9.17, 15) is 22.8 Å². The molecule has 0 bridgehead atoms. The topological polar surface area (TPSA) is 123 Å². The third-order valence-electron chi connectivity index (χ3n) is 4.32. The van der Waals surface area contributed by atoms with Gasteiger partial charge >= 0.3 is 6.18 Å². The number of nitrogens with two attached hydrogens (primary N) is 2. The van der Waals surface area contributed by atoms with Gasteiger partial charge in [0.15, 0.2) is 5.96 Å². The first kappa shape index (κ1) is 26.6. The lowest BCUT2D eigenvalue weighted by Gasteiger charge is -2.09. The number of alkyl halides is 3. The Kier molecular flexibility index (Phi) is 8.35. The van der Waals surface area contributed by atoms with Crippen molar-refractivity contribution < 1.29 is 22.8 Å². The van der Waals surface area contributed by atoms with E-state index in [1.165, 1.54) is 12.1 Å². The van der Waals surface area contributed by atoms with Gasteiger partial charge in [0.2, 0.25) is 0 Å². The predicted octanol–water partition coefficient (Wildman–Crippen LogP) is 3.68. The van der Waals surface area contributed by atoms with Crippen LogP contribution in [-0.2, 0) is 6.18 Å². The van der Waals surface area contributed by atoms with Gasteiger partial charge in [-0.1, -0.05) is 31.1 Å². The molecule has 2 rings (SSSR count). The van der Waals surface area contributed by atoms with Crippen LogP contribution in [0.15, 0.2) is 71.3 Å². The first-order valence-electron chi connectivity index (χ1n) is 9.97. The summed E-state index contributed by atoms with van der Waals surface area (Å²) in [5.74, 6) is 3.41. The molecule has 10 heteroatoms. The standard InChI is InChI=1S/C25H22F3N5O2/c1-5-21(31-14(2)3)32-23(35)20-12-16(7-6-15(20)4)8-9-17-10-18(22(34)33-24(29)30)13-19(11-17)25(26,27)28/h5-7,10-13H,1-2H2,3-4H3,(H,31,32,35)(H4,29,30,33,34). The molecule has 0 aliphatic rings. The SMILES string of the molecule is C=CC(=NC(=C)C)NC(=O)c1cc(C#Cc2cc(C(=O)N=C(N)N)cc(C(F)(F)F)c2)ccc1C. The Bertz CT molecular complexity index is 1320. The largest absolute Gasteiger partial charge is 0.416 e. The lowest BCUT2D eigenvalue weighted by molar-refractivity contribution is -0.137. The Morgan fingerprint density at radius 3 is 2.29 bits per heavy atom. The van der Waals surface area contributed by atoms with Gasteiger partial charge in [-0.3, -0.25) is 9.59 Å². The van der Waals surface area contributed by atoms with Crippen LogP contribution in [0.25, 0.3) is 0 Å². The van der Waals surface area contributed by atoms with E-state index in [0.29, 0.717) is 22.9 Å². The molecule has 5 N–H and O–H groups in total. The van der Waals surface area contributed by atoms with Gasteiger partial charge in [0.05, 0.1) is 5.56 Å². The molecule has 0 spiro atoms. The lowest BCUT2D eigenvalue weighted by atomic mass is 10.0. The molecule has 35 heavy (non-hydrogen) atoms. The first-order valence-corrected chi connectivity index (χ1v) is 9.97. The molecule has 0 aliphatic carbocycles. The molecule has 0 aliphatic heterocycles. The van der Waals surface area contributed by atoms with Gasteiger partial charge in [-0.05, 0) is 55.8 Å². The second-order valence-electron chi connectivity index (χ2n) is 7.31. The maximum absolute atomic E-state index is 13.3. The minimum Gasteiger partial charge on any atom is -0.370 e.